The topological polar surface area (TPSA) is 117 Å². The average Bonchev–Trinajstić information content (AvgIpc) is 3.32. The van der Waals surface area contributed by atoms with E-state index in [-0.39, 0.29) is 25.3 Å². The molecular formula is C31H26N4O4. The van der Waals surface area contributed by atoms with Gasteiger partial charge in [0.1, 0.15) is 6.61 Å². The number of nitrogens with zero attached hydrogens (tertiary/aromatic N) is 2. The van der Waals surface area contributed by atoms with Crippen LogP contribution in [0.3, 0.4) is 0 Å². The predicted octanol–water partition coefficient (Wildman–Crippen LogP) is 6.68. The highest BCUT2D eigenvalue weighted by atomic mass is 16.5. The number of fused-ring (bicyclic) bond motifs is 3. The van der Waals surface area contributed by atoms with Crippen LogP contribution in [0.25, 0.3) is 32.9 Å². The van der Waals surface area contributed by atoms with E-state index in [1.807, 2.05) is 73.7 Å². The highest BCUT2D eigenvalue weighted by Crippen LogP contribution is 2.38. The number of amides is 1. The number of carbonyl (C=O) groups is 2. The van der Waals surface area contributed by atoms with Crippen LogP contribution in [-0.4, -0.2) is 28.6 Å². The van der Waals surface area contributed by atoms with E-state index in [1.165, 1.54) is 0 Å². The molecule has 0 unspecified atom stereocenters. The largest absolute Gasteiger partial charge is 0.461 e. The van der Waals surface area contributed by atoms with Crippen molar-refractivity contribution in [3.8, 4) is 17.2 Å². The van der Waals surface area contributed by atoms with Crippen LogP contribution < -0.4 is 5.32 Å². The van der Waals surface area contributed by atoms with Crippen molar-refractivity contribution in [3.05, 3.63) is 95.3 Å². The zero-order valence-electron chi connectivity index (χ0n) is 21.6. The predicted molar refractivity (Wildman–Crippen MR) is 149 cm³/mol. The maximum atomic E-state index is 12.7. The lowest BCUT2D eigenvalue weighted by molar-refractivity contribution is 0.0522. The number of rotatable bonds is 7. The Bertz CT molecular complexity index is 1740. The number of benzene rings is 3. The molecule has 0 spiro atoms. The Morgan fingerprint density at radius 3 is 2.59 bits per heavy atom. The number of esters is 1. The van der Waals surface area contributed by atoms with Crippen molar-refractivity contribution in [1.82, 2.24) is 9.97 Å². The number of aromatic amines is 1. The molecule has 39 heavy (non-hydrogen) atoms. The van der Waals surface area contributed by atoms with Crippen LogP contribution in [0.15, 0.2) is 72.9 Å². The molecule has 8 heteroatoms. The Hall–Kier alpha value is -5.16. The lowest BCUT2D eigenvalue weighted by Gasteiger charge is -2.14. The van der Waals surface area contributed by atoms with E-state index >= 15 is 0 Å². The number of hydrogen-bond donors (Lipinski definition) is 2. The van der Waals surface area contributed by atoms with Crippen molar-refractivity contribution in [2.45, 2.75) is 26.9 Å². The zero-order chi connectivity index (χ0) is 27.4. The van der Waals surface area contributed by atoms with Crippen molar-refractivity contribution in [1.29, 1.82) is 5.26 Å². The van der Waals surface area contributed by atoms with Crippen molar-refractivity contribution < 1.29 is 19.1 Å². The Labute approximate surface area is 225 Å². The summed E-state index contributed by atoms with van der Waals surface area (Å²) < 4.78 is 10.7. The molecule has 0 atom stereocenters. The fourth-order valence-electron chi connectivity index (χ4n) is 4.65. The molecule has 0 aliphatic heterocycles. The Morgan fingerprint density at radius 2 is 1.82 bits per heavy atom. The van der Waals surface area contributed by atoms with E-state index < -0.39 is 12.1 Å². The van der Waals surface area contributed by atoms with Gasteiger partial charge in [-0.3, -0.25) is 5.32 Å². The molecule has 5 rings (SSSR count). The van der Waals surface area contributed by atoms with Crippen LogP contribution in [0.2, 0.25) is 0 Å². The van der Waals surface area contributed by atoms with Crippen LogP contribution in [0, 0.1) is 18.3 Å². The van der Waals surface area contributed by atoms with Gasteiger partial charge in [0.2, 0.25) is 0 Å². The average molecular weight is 519 g/mol. The van der Waals surface area contributed by atoms with Gasteiger partial charge < -0.3 is 14.5 Å². The Morgan fingerprint density at radius 1 is 1.00 bits per heavy atom. The standard InChI is InChI=1S/C31H26N4O4/c1-3-38-30(36)29-28-27(23-13-12-20(14-15-32)16-26(23)34-28)24(17-33-29)22-10-7-11-25(19(22)2)35-31(37)39-18-21-8-5-4-6-9-21/h4-13,16-17,34H,3,14,18H2,1-2H3,(H,35,37). The minimum Gasteiger partial charge on any atom is -0.461 e. The molecule has 0 saturated carbocycles. The quantitative estimate of drug-likeness (QED) is 0.232. The normalized spacial score (nSPS) is 10.8. The number of nitrogens with one attached hydrogen (secondary N) is 2. The molecule has 0 aliphatic rings. The number of ether oxygens (including phenoxy) is 2. The fourth-order valence-corrected chi connectivity index (χ4v) is 4.65. The van der Waals surface area contributed by atoms with Gasteiger partial charge in [-0.05, 0) is 48.2 Å². The number of pyridine rings is 1. The maximum Gasteiger partial charge on any atom is 0.411 e. The summed E-state index contributed by atoms with van der Waals surface area (Å²) in [6, 6.07) is 23.0. The summed E-state index contributed by atoms with van der Waals surface area (Å²) in [5.74, 6) is -0.522. The summed E-state index contributed by atoms with van der Waals surface area (Å²) in [4.78, 5) is 33.1. The summed E-state index contributed by atoms with van der Waals surface area (Å²) in [5.41, 5.74) is 6.32. The van der Waals surface area contributed by atoms with E-state index in [0.29, 0.717) is 11.2 Å². The molecule has 2 aromatic heterocycles. The Kier molecular flexibility index (Phi) is 7.23. The van der Waals surface area contributed by atoms with Crippen LogP contribution in [-0.2, 0) is 22.5 Å². The maximum absolute atomic E-state index is 12.7. The van der Waals surface area contributed by atoms with Gasteiger partial charge in [0, 0.05) is 33.7 Å². The number of carbonyl (C=O) groups excluding carboxylic acids is 2. The molecule has 3 aromatic carbocycles. The van der Waals surface area contributed by atoms with Crippen LogP contribution in [0.4, 0.5) is 10.5 Å². The van der Waals surface area contributed by atoms with Crippen molar-refractivity contribution in [2.24, 2.45) is 0 Å². The molecule has 0 bridgehead atoms. The number of anilines is 1. The molecule has 0 saturated heterocycles. The van der Waals surface area contributed by atoms with Crippen molar-refractivity contribution >= 4 is 39.6 Å². The van der Waals surface area contributed by atoms with Crippen molar-refractivity contribution in [3.63, 3.8) is 0 Å². The van der Waals surface area contributed by atoms with Crippen LogP contribution in [0.5, 0.6) is 0 Å². The molecule has 0 fully saturated rings. The first-order valence-corrected chi connectivity index (χ1v) is 12.5. The smallest absolute Gasteiger partial charge is 0.411 e. The first-order valence-electron chi connectivity index (χ1n) is 12.5. The van der Waals surface area contributed by atoms with Gasteiger partial charge in [-0.15, -0.1) is 0 Å². The van der Waals surface area contributed by atoms with E-state index in [0.717, 1.165) is 44.1 Å². The highest BCUT2D eigenvalue weighted by molar-refractivity contribution is 6.18. The van der Waals surface area contributed by atoms with Crippen molar-refractivity contribution in [2.75, 3.05) is 11.9 Å². The first kappa shape index (κ1) is 25.5. The molecular weight excluding hydrogens is 492 g/mol. The second-order valence-electron chi connectivity index (χ2n) is 9.00. The minimum atomic E-state index is -0.558. The third-order valence-corrected chi connectivity index (χ3v) is 6.52. The van der Waals surface area contributed by atoms with E-state index in [4.69, 9.17) is 14.7 Å². The monoisotopic (exact) mass is 518 g/mol. The molecule has 2 N–H and O–H groups in total. The molecule has 0 radical (unpaired) electrons. The summed E-state index contributed by atoms with van der Waals surface area (Å²) >= 11 is 0. The summed E-state index contributed by atoms with van der Waals surface area (Å²) in [5, 5.41) is 13.7. The summed E-state index contributed by atoms with van der Waals surface area (Å²) in [6.45, 7) is 4.04. The second-order valence-corrected chi connectivity index (χ2v) is 9.00. The molecule has 5 aromatic rings. The van der Waals surface area contributed by atoms with Crippen LogP contribution >= 0.6 is 0 Å². The van der Waals surface area contributed by atoms with E-state index in [1.54, 1.807) is 13.1 Å². The molecule has 8 nitrogen and oxygen atoms in total. The SMILES string of the molecule is CCOC(=O)c1ncc(-c2cccc(NC(=O)OCc3ccccc3)c2C)c2c1[nH]c1cc(CC#N)ccc12. The second kappa shape index (κ2) is 11.1. The highest BCUT2D eigenvalue weighted by Gasteiger charge is 2.22. The van der Waals surface area contributed by atoms with E-state index in [2.05, 4.69) is 21.4 Å². The van der Waals surface area contributed by atoms with Gasteiger partial charge in [0.25, 0.3) is 0 Å². The van der Waals surface area contributed by atoms with E-state index in [9.17, 15) is 9.59 Å². The molecule has 194 valence electrons. The fraction of sp³-hybridized carbons (Fsp3) is 0.161. The Balaban J connectivity index is 1.56. The lowest BCUT2D eigenvalue weighted by atomic mass is 9.95. The third kappa shape index (κ3) is 5.15. The van der Waals surface area contributed by atoms with Crippen LogP contribution in [0.1, 0.15) is 34.1 Å². The van der Waals surface area contributed by atoms with Gasteiger partial charge in [-0.25, -0.2) is 14.6 Å². The third-order valence-electron chi connectivity index (χ3n) is 6.52. The first-order chi connectivity index (χ1) is 19.0. The minimum absolute atomic E-state index is 0.161. The molecule has 1 amide bonds. The summed E-state index contributed by atoms with van der Waals surface area (Å²) in [6.07, 6.45) is 1.37. The van der Waals surface area contributed by atoms with Gasteiger partial charge in [0.05, 0.1) is 24.6 Å². The number of H-pyrrole nitrogens is 1. The lowest BCUT2D eigenvalue weighted by Crippen LogP contribution is -2.14. The van der Waals surface area contributed by atoms with Gasteiger partial charge in [0.15, 0.2) is 5.69 Å². The molecule has 0 aliphatic carbocycles. The zero-order valence-corrected chi connectivity index (χ0v) is 21.6. The molecule has 2 heterocycles. The van der Waals surface area contributed by atoms with Gasteiger partial charge in [-0.1, -0.05) is 54.6 Å². The number of aromatic nitrogens is 2. The summed E-state index contributed by atoms with van der Waals surface area (Å²) in [7, 11) is 0. The number of hydrogen-bond acceptors (Lipinski definition) is 6. The number of nitriles is 1. The van der Waals surface area contributed by atoms with Gasteiger partial charge >= 0.3 is 12.1 Å². The van der Waals surface area contributed by atoms with Gasteiger partial charge in [-0.2, -0.15) is 5.26 Å².